The van der Waals surface area contributed by atoms with Crippen LogP contribution in [-0.2, 0) is 0 Å². The minimum atomic E-state index is -1.68. The molecule has 1 nitrogen and oxygen atoms in total. The van der Waals surface area contributed by atoms with Gasteiger partial charge in [0, 0.05) is 0 Å². The second-order valence-corrected chi connectivity index (χ2v) is 9.23. The maximum atomic E-state index is 13.3. The van der Waals surface area contributed by atoms with Crippen molar-refractivity contribution in [3.63, 3.8) is 0 Å². The Kier molecular flexibility index (Phi) is 2.94. The molecule has 0 atom stereocenters. The number of methoxy groups -OCH3 is 1. The van der Waals surface area contributed by atoms with Crippen LogP contribution in [-0.4, -0.2) is 15.2 Å². The lowest BCUT2D eigenvalue weighted by molar-refractivity contribution is 0.375. The van der Waals surface area contributed by atoms with Crippen LogP contribution in [0.15, 0.2) is 12.1 Å². The predicted molar refractivity (Wildman–Crippen MR) is 55.9 cm³/mol. The molecule has 0 aliphatic carbocycles. The first-order chi connectivity index (χ1) is 6.38. The van der Waals surface area contributed by atoms with E-state index in [2.05, 4.69) is 19.6 Å². The van der Waals surface area contributed by atoms with E-state index >= 15 is 0 Å². The molecule has 0 bridgehead atoms. The number of rotatable bonds is 2. The lowest BCUT2D eigenvalue weighted by Gasteiger charge is -2.20. The van der Waals surface area contributed by atoms with Gasteiger partial charge in [-0.15, -0.1) is 0 Å². The lowest BCUT2D eigenvalue weighted by atomic mass is 10.3. The van der Waals surface area contributed by atoms with E-state index in [-0.39, 0.29) is 5.75 Å². The summed E-state index contributed by atoms with van der Waals surface area (Å²) in [5.41, 5.74) is 0. The van der Waals surface area contributed by atoms with Crippen molar-refractivity contribution in [3.05, 3.63) is 23.8 Å². The predicted octanol–water partition coefficient (Wildman–Crippen LogP) is 2.52. The van der Waals surface area contributed by atoms with E-state index in [0.29, 0.717) is 0 Å². The van der Waals surface area contributed by atoms with Gasteiger partial charge in [-0.1, -0.05) is 25.7 Å². The molecule has 0 radical (unpaired) electrons. The minimum absolute atomic E-state index is 0.0594. The van der Waals surface area contributed by atoms with E-state index in [0.717, 1.165) is 11.3 Å². The van der Waals surface area contributed by atoms with Gasteiger partial charge < -0.3 is 4.74 Å². The molecule has 0 N–H and O–H groups in total. The molecule has 0 aromatic heterocycles. The first-order valence-corrected chi connectivity index (χ1v) is 7.90. The van der Waals surface area contributed by atoms with Crippen molar-refractivity contribution in [1.29, 1.82) is 0 Å². The van der Waals surface area contributed by atoms with Gasteiger partial charge in [0.15, 0.2) is 17.4 Å². The average molecular weight is 216 g/mol. The first kappa shape index (κ1) is 11.2. The van der Waals surface area contributed by atoms with Crippen LogP contribution in [0, 0.1) is 11.6 Å². The third kappa shape index (κ3) is 1.95. The van der Waals surface area contributed by atoms with Gasteiger partial charge in [0.05, 0.1) is 15.2 Å². The van der Waals surface area contributed by atoms with Crippen LogP contribution in [0.1, 0.15) is 0 Å². The van der Waals surface area contributed by atoms with E-state index in [9.17, 15) is 8.78 Å². The van der Waals surface area contributed by atoms with E-state index < -0.39 is 19.7 Å². The molecule has 0 heterocycles. The molecular weight excluding hydrogens is 202 g/mol. The summed E-state index contributed by atoms with van der Waals surface area (Å²) in [6.45, 7) is 6.17. The monoisotopic (exact) mass is 216 g/mol. The van der Waals surface area contributed by atoms with Crippen molar-refractivity contribution in [3.8, 4) is 5.75 Å². The summed E-state index contributed by atoms with van der Waals surface area (Å²) in [7, 11) is -0.322. The number of halogens is 2. The highest BCUT2D eigenvalue weighted by atomic mass is 28.3. The van der Waals surface area contributed by atoms with Crippen LogP contribution in [0.25, 0.3) is 0 Å². The van der Waals surface area contributed by atoms with Crippen LogP contribution in [0.4, 0.5) is 8.78 Å². The Morgan fingerprint density at radius 3 is 2.14 bits per heavy atom. The number of ether oxygens (including phenoxy) is 1. The van der Waals surface area contributed by atoms with Gasteiger partial charge in [0.1, 0.15) is 0 Å². The van der Waals surface area contributed by atoms with Crippen molar-refractivity contribution in [2.75, 3.05) is 7.11 Å². The SMILES string of the molecule is COc1c([Si](C)(C)C)ccc(F)c1F. The zero-order valence-corrected chi connectivity index (χ0v) is 9.82. The maximum Gasteiger partial charge on any atom is 0.200 e. The van der Waals surface area contributed by atoms with Crippen LogP contribution < -0.4 is 9.92 Å². The second kappa shape index (κ2) is 3.69. The van der Waals surface area contributed by atoms with Gasteiger partial charge >= 0.3 is 0 Å². The molecule has 0 spiro atoms. The smallest absolute Gasteiger partial charge is 0.200 e. The number of hydrogen-bond acceptors (Lipinski definition) is 1. The highest BCUT2D eigenvalue weighted by Crippen LogP contribution is 2.20. The first-order valence-electron chi connectivity index (χ1n) is 4.40. The molecule has 4 heteroatoms. The Hall–Kier alpha value is -0.903. The topological polar surface area (TPSA) is 9.23 Å². The van der Waals surface area contributed by atoms with Crippen LogP contribution in [0.3, 0.4) is 0 Å². The average Bonchev–Trinajstić information content (AvgIpc) is 2.07. The van der Waals surface area contributed by atoms with E-state index in [1.54, 1.807) is 6.07 Å². The molecule has 0 unspecified atom stereocenters. The summed E-state index contributed by atoms with van der Waals surface area (Å²) < 4.78 is 31.1. The van der Waals surface area contributed by atoms with Gasteiger partial charge in [-0.25, -0.2) is 4.39 Å². The molecule has 1 aromatic rings. The summed E-state index contributed by atoms with van der Waals surface area (Å²) in [4.78, 5) is 0. The zero-order chi connectivity index (χ0) is 10.9. The summed E-state index contributed by atoms with van der Waals surface area (Å²) in [5, 5.41) is 0.805. The summed E-state index contributed by atoms with van der Waals surface area (Å²) >= 11 is 0. The third-order valence-electron chi connectivity index (χ3n) is 2.06. The molecule has 0 aliphatic heterocycles. The molecule has 0 fully saturated rings. The van der Waals surface area contributed by atoms with E-state index in [4.69, 9.17) is 4.74 Å². The molecule has 14 heavy (non-hydrogen) atoms. The van der Waals surface area contributed by atoms with Gasteiger partial charge in [0.25, 0.3) is 0 Å². The fourth-order valence-electron chi connectivity index (χ4n) is 1.32. The van der Waals surface area contributed by atoms with Crippen LogP contribution in [0.2, 0.25) is 19.6 Å². The largest absolute Gasteiger partial charge is 0.494 e. The van der Waals surface area contributed by atoms with E-state index in [1.165, 1.54) is 7.11 Å². The van der Waals surface area contributed by atoms with Crippen molar-refractivity contribution < 1.29 is 13.5 Å². The fourth-order valence-corrected chi connectivity index (χ4v) is 2.80. The molecule has 1 rings (SSSR count). The number of benzene rings is 1. The Morgan fingerprint density at radius 2 is 1.71 bits per heavy atom. The summed E-state index contributed by atoms with van der Waals surface area (Å²) in [6.07, 6.45) is 0. The van der Waals surface area contributed by atoms with Crippen LogP contribution >= 0.6 is 0 Å². The Balaban J connectivity index is 3.39. The van der Waals surface area contributed by atoms with Crippen molar-refractivity contribution in [1.82, 2.24) is 0 Å². The molecule has 78 valence electrons. The fraction of sp³-hybridized carbons (Fsp3) is 0.400. The summed E-state index contributed by atoms with van der Waals surface area (Å²) in [6, 6.07) is 2.77. The molecule has 0 aliphatic rings. The summed E-state index contributed by atoms with van der Waals surface area (Å²) in [5.74, 6) is -1.68. The molecular formula is C10H14F2OSi. The lowest BCUT2D eigenvalue weighted by Crippen LogP contribution is -2.39. The van der Waals surface area contributed by atoms with E-state index in [1.807, 2.05) is 0 Å². The maximum absolute atomic E-state index is 13.3. The van der Waals surface area contributed by atoms with Gasteiger partial charge in [0.2, 0.25) is 0 Å². The van der Waals surface area contributed by atoms with Crippen molar-refractivity contribution in [2.24, 2.45) is 0 Å². The highest BCUT2D eigenvalue weighted by molar-refractivity contribution is 6.89. The van der Waals surface area contributed by atoms with Crippen molar-refractivity contribution in [2.45, 2.75) is 19.6 Å². The van der Waals surface area contributed by atoms with Crippen molar-refractivity contribution >= 4 is 13.3 Å². The third-order valence-corrected chi connectivity index (χ3v) is 4.07. The van der Waals surface area contributed by atoms with Gasteiger partial charge in [-0.3, -0.25) is 0 Å². The quantitative estimate of drug-likeness (QED) is 0.690. The molecule has 0 saturated carbocycles. The van der Waals surface area contributed by atoms with Gasteiger partial charge in [-0.2, -0.15) is 4.39 Å². The van der Waals surface area contributed by atoms with Crippen LogP contribution in [0.5, 0.6) is 5.75 Å². The Morgan fingerprint density at radius 1 is 1.14 bits per heavy atom. The standard InChI is InChI=1S/C10H14F2OSi/c1-13-10-8(14(2,3)4)6-5-7(11)9(10)12/h5-6H,1-4H3. The number of hydrogen-bond donors (Lipinski definition) is 0. The molecule has 1 aromatic carbocycles. The second-order valence-electron chi connectivity index (χ2n) is 4.19. The Labute approximate surface area is 83.7 Å². The highest BCUT2D eigenvalue weighted by Gasteiger charge is 2.24. The normalized spacial score (nSPS) is 11.6. The minimum Gasteiger partial charge on any atom is -0.494 e. The molecule has 0 amide bonds. The Bertz CT molecular complexity index is 345. The zero-order valence-electron chi connectivity index (χ0n) is 8.82. The molecule has 0 saturated heterocycles. The van der Waals surface area contributed by atoms with Gasteiger partial charge in [-0.05, 0) is 11.3 Å².